The first-order valence-corrected chi connectivity index (χ1v) is 6.32. The van der Waals surface area contributed by atoms with Gasteiger partial charge in [0.15, 0.2) is 0 Å². The zero-order valence-electron chi connectivity index (χ0n) is 11.4. The molecule has 3 N–H and O–H groups in total. The maximum absolute atomic E-state index is 11.9. The molecule has 0 aliphatic heterocycles. The van der Waals surface area contributed by atoms with Crippen LogP contribution in [0, 0.1) is 5.92 Å². The van der Waals surface area contributed by atoms with E-state index in [1.165, 1.54) is 0 Å². The first-order chi connectivity index (χ1) is 8.56. The predicted molar refractivity (Wildman–Crippen MR) is 73.6 cm³/mol. The van der Waals surface area contributed by atoms with E-state index in [0.29, 0.717) is 5.92 Å². The molecule has 0 saturated carbocycles. The van der Waals surface area contributed by atoms with E-state index < -0.39 is 0 Å². The number of nitrogens with two attached hydrogens (primary N) is 1. The zero-order valence-corrected chi connectivity index (χ0v) is 11.4. The molecule has 0 bridgehead atoms. The molecule has 1 amide bonds. The number of rotatable bonds is 6. The molecular weight excluding hydrogens is 226 g/mol. The van der Waals surface area contributed by atoms with E-state index in [-0.39, 0.29) is 11.9 Å². The fourth-order valence-electron chi connectivity index (χ4n) is 1.91. The second kappa shape index (κ2) is 7.13. The van der Waals surface area contributed by atoms with Crippen molar-refractivity contribution < 1.29 is 4.79 Å². The van der Waals surface area contributed by atoms with Crippen molar-refractivity contribution in [3.63, 3.8) is 0 Å². The van der Waals surface area contributed by atoms with Crippen LogP contribution in [0.1, 0.15) is 31.9 Å². The molecule has 0 aromatic heterocycles. The summed E-state index contributed by atoms with van der Waals surface area (Å²) in [5.41, 5.74) is 3.22. The fraction of sp³-hybridized carbons (Fsp3) is 0.500. The SMILES string of the molecule is CC(C)CCN(C)C(C(=O)NN)c1ccccc1. The predicted octanol–water partition coefficient (Wildman–Crippen LogP) is 1.70. The number of nitrogens with zero attached hydrogens (tertiary/aromatic N) is 1. The van der Waals surface area contributed by atoms with Gasteiger partial charge < -0.3 is 0 Å². The Morgan fingerprint density at radius 1 is 1.33 bits per heavy atom. The highest BCUT2D eigenvalue weighted by atomic mass is 16.2. The summed E-state index contributed by atoms with van der Waals surface area (Å²) in [5.74, 6) is 5.72. The molecular formula is C14H23N3O. The van der Waals surface area contributed by atoms with Crippen LogP contribution >= 0.6 is 0 Å². The van der Waals surface area contributed by atoms with Crippen molar-refractivity contribution in [1.82, 2.24) is 10.3 Å². The van der Waals surface area contributed by atoms with Gasteiger partial charge in [-0.3, -0.25) is 15.1 Å². The third kappa shape index (κ3) is 4.13. The van der Waals surface area contributed by atoms with Gasteiger partial charge in [-0.25, -0.2) is 5.84 Å². The smallest absolute Gasteiger partial charge is 0.255 e. The molecule has 1 rings (SSSR count). The Morgan fingerprint density at radius 3 is 2.44 bits per heavy atom. The van der Waals surface area contributed by atoms with E-state index in [1.807, 2.05) is 42.3 Å². The maximum atomic E-state index is 11.9. The van der Waals surface area contributed by atoms with Crippen molar-refractivity contribution in [3.8, 4) is 0 Å². The topological polar surface area (TPSA) is 58.4 Å². The number of hydrogen-bond donors (Lipinski definition) is 2. The van der Waals surface area contributed by atoms with Gasteiger partial charge in [0.25, 0.3) is 5.91 Å². The Kier molecular flexibility index (Phi) is 5.82. The van der Waals surface area contributed by atoms with Gasteiger partial charge in [-0.05, 0) is 31.5 Å². The molecule has 4 heteroatoms. The van der Waals surface area contributed by atoms with Gasteiger partial charge in [0.1, 0.15) is 6.04 Å². The van der Waals surface area contributed by atoms with Gasteiger partial charge in [-0.1, -0.05) is 44.2 Å². The second-order valence-corrected chi connectivity index (χ2v) is 4.98. The van der Waals surface area contributed by atoms with Crippen molar-refractivity contribution in [2.75, 3.05) is 13.6 Å². The summed E-state index contributed by atoms with van der Waals surface area (Å²) < 4.78 is 0. The highest BCUT2D eigenvalue weighted by Gasteiger charge is 2.24. The Bertz CT molecular complexity index is 365. The highest BCUT2D eigenvalue weighted by Crippen LogP contribution is 2.20. The monoisotopic (exact) mass is 249 g/mol. The summed E-state index contributed by atoms with van der Waals surface area (Å²) >= 11 is 0. The molecule has 1 atom stereocenters. The molecule has 0 saturated heterocycles. The van der Waals surface area contributed by atoms with Crippen molar-refractivity contribution in [1.29, 1.82) is 0 Å². The quantitative estimate of drug-likeness (QED) is 0.458. The molecule has 1 unspecified atom stereocenters. The fourth-order valence-corrected chi connectivity index (χ4v) is 1.91. The number of carbonyl (C=O) groups excluding carboxylic acids is 1. The summed E-state index contributed by atoms with van der Waals surface area (Å²) in [6, 6.07) is 9.38. The second-order valence-electron chi connectivity index (χ2n) is 4.98. The average Bonchev–Trinajstić information content (AvgIpc) is 2.37. The van der Waals surface area contributed by atoms with Gasteiger partial charge in [-0.2, -0.15) is 0 Å². The van der Waals surface area contributed by atoms with Crippen LogP contribution in [0.4, 0.5) is 0 Å². The molecule has 0 aliphatic rings. The minimum Gasteiger partial charge on any atom is -0.293 e. The van der Waals surface area contributed by atoms with E-state index in [4.69, 9.17) is 5.84 Å². The van der Waals surface area contributed by atoms with Gasteiger partial charge in [0.2, 0.25) is 0 Å². The highest BCUT2D eigenvalue weighted by molar-refractivity contribution is 5.82. The maximum Gasteiger partial charge on any atom is 0.255 e. The summed E-state index contributed by atoms with van der Waals surface area (Å²) in [7, 11) is 1.95. The lowest BCUT2D eigenvalue weighted by Gasteiger charge is -2.27. The van der Waals surface area contributed by atoms with Crippen molar-refractivity contribution in [2.24, 2.45) is 11.8 Å². The molecule has 1 aromatic carbocycles. The first kappa shape index (κ1) is 14.7. The van der Waals surface area contributed by atoms with E-state index >= 15 is 0 Å². The third-order valence-corrected chi connectivity index (χ3v) is 3.01. The number of benzene rings is 1. The van der Waals surface area contributed by atoms with Crippen LogP contribution in [-0.4, -0.2) is 24.4 Å². The largest absolute Gasteiger partial charge is 0.293 e. The number of hydrogen-bond acceptors (Lipinski definition) is 3. The molecule has 0 aliphatic carbocycles. The third-order valence-electron chi connectivity index (χ3n) is 3.01. The Hall–Kier alpha value is -1.39. The van der Waals surface area contributed by atoms with E-state index in [1.54, 1.807) is 0 Å². The van der Waals surface area contributed by atoms with Gasteiger partial charge in [0, 0.05) is 0 Å². The molecule has 0 radical (unpaired) electrons. The minimum absolute atomic E-state index is 0.174. The molecule has 18 heavy (non-hydrogen) atoms. The first-order valence-electron chi connectivity index (χ1n) is 6.32. The lowest BCUT2D eigenvalue weighted by atomic mass is 10.0. The van der Waals surface area contributed by atoms with Gasteiger partial charge >= 0.3 is 0 Å². The number of amides is 1. The van der Waals surface area contributed by atoms with Crippen LogP contribution in [0.5, 0.6) is 0 Å². The molecule has 0 spiro atoms. The summed E-state index contributed by atoms with van der Waals surface area (Å²) in [5, 5.41) is 0. The molecule has 0 fully saturated rings. The summed E-state index contributed by atoms with van der Waals surface area (Å²) in [4.78, 5) is 14.0. The normalized spacial score (nSPS) is 12.8. The molecule has 0 heterocycles. The van der Waals surface area contributed by atoms with Crippen molar-refractivity contribution in [3.05, 3.63) is 35.9 Å². The molecule has 4 nitrogen and oxygen atoms in total. The van der Waals surface area contributed by atoms with Crippen LogP contribution < -0.4 is 11.3 Å². The molecule has 100 valence electrons. The number of nitrogens with one attached hydrogen (secondary N) is 1. The van der Waals surface area contributed by atoms with Crippen LogP contribution in [0.15, 0.2) is 30.3 Å². The van der Waals surface area contributed by atoms with Crippen molar-refractivity contribution >= 4 is 5.91 Å². The summed E-state index contributed by atoms with van der Waals surface area (Å²) in [6.07, 6.45) is 1.05. The number of carbonyl (C=O) groups is 1. The minimum atomic E-state index is -0.324. The standard InChI is InChI=1S/C14H23N3O/c1-11(2)9-10-17(3)13(14(18)16-15)12-7-5-4-6-8-12/h4-8,11,13H,9-10,15H2,1-3H3,(H,16,18). The summed E-state index contributed by atoms with van der Waals surface area (Å²) in [6.45, 7) is 5.22. The Balaban J connectivity index is 2.82. The van der Waals surface area contributed by atoms with Crippen LogP contribution in [0.25, 0.3) is 0 Å². The average molecular weight is 249 g/mol. The van der Waals surface area contributed by atoms with Crippen molar-refractivity contribution in [2.45, 2.75) is 26.3 Å². The molecule has 1 aromatic rings. The Morgan fingerprint density at radius 2 is 1.94 bits per heavy atom. The van der Waals surface area contributed by atoms with E-state index in [9.17, 15) is 4.79 Å². The van der Waals surface area contributed by atoms with Crippen LogP contribution in [0.2, 0.25) is 0 Å². The number of hydrazine groups is 1. The van der Waals surface area contributed by atoms with E-state index in [0.717, 1.165) is 18.5 Å². The lowest BCUT2D eigenvalue weighted by molar-refractivity contribution is -0.126. The number of likely N-dealkylation sites (N-methyl/N-ethyl adjacent to an activating group) is 1. The lowest BCUT2D eigenvalue weighted by Crippen LogP contribution is -2.42. The van der Waals surface area contributed by atoms with E-state index in [2.05, 4.69) is 19.3 Å². The van der Waals surface area contributed by atoms with Crippen LogP contribution in [0.3, 0.4) is 0 Å². The van der Waals surface area contributed by atoms with Gasteiger partial charge in [0.05, 0.1) is 0 Å². The van der Waals surface area contributed by atoms with Gasteiger partial charge in [-0.15, -0.1) is 0 Å². The van der Waals surface area contributed by atoms with Crippen LogP contribution in [-0.2, 0) is 4.79 Å². The Labute approximate surface area is 109 Å². The zero-order chi connectivity index (χ0) is 13.5.